The number of benzene rings is 2. The minimum absolute atomic E-state index is 0.0201. The Morgan fingerprint density at radius 1 is 1.25 bits per heavy atom. The Balaban J connectivity index is 2.11. The largest absolute Gasteiger partial charge is 0.497 e. The Kier molecular flexibility index (Phi) is 4.54. The van der Waals surface area contributed by atoms with Gasteiger partial charge in [-0.25, -0.2) is 0 Å². The lowest BCUT2D eigenvalue weighted by molar-refractivity contribution is -0.384. The van der Waals surface area contributed by atoms with Crippen LogP contribution in [0.15, 0.2) is 48.5 Å². The van der Waals surface area contributed by atoms with Crippen LogP contribution >= 0.6 is 18.6 Å². The molecule has 0 saturated carbocycles. The molecule has 0 bridgehead atoms. The van der Waals surface area contributed by atoms with Crippen LogP contribution in [0.5, 0.6) is 5.75 Å². The lowest BCUT2D eigenvalue weighted by Gasteiger charge is -2.29. The highest BCUT2D eigenvalue weighted by Gasteiger charge is 2.38. The zero-order valence-electron chi connectivity index (χ0n) is 12.7. The number of rotatable bonds is 4. The van der Waals surface area contributed by atoms with Gasteiger partial charge in [0.15, 0.2) is 6.34 Å². The third-order valence-corrected chi connectivity index (χ3v) is 8.18. The van der Waals surface area contributed by atoms with Crippen LogP contribution in [0.2, 0.25) is 0 Å². The summed E-state index contributed by atoms with van der Waals surface area (Å²) < 4.78 is 7.03. The second-order valence-corrected chi connectivity index (χ2v) is 9.57. The topological polar surface area (TPSA) is 67.6 Å². The number of nitro benzene ring substituents is 1. The predicted octanol–water partition coefficient (Wildman–Crippen LogP) is 2.98. The maximum atomic E-state index is 11.4. The maximum Gasteiger partial charge on any atom is 0.292 e. The van der Waals surface area contributed by atoms with Gasteiger partial charge in [0, 0.05) is 11.4 Å². The van der Waals surface area contributed by atoms with Crippen molar-refractivity contribution in [1.29, 1.82) is 0 Å². The molecule has 0 spiro atoms. The maximum absolute atomic E-state index is 11.4. The van der Waals surface area contributed by atoms with E-state index < -0.39 is 11.3 Å². The summed E-state index contributed by atoms with van der Waals surface area (Å²) >= 11 is 11.2. The lowest BCUT2D eigenvalue weighted by Crippen LogP contribution is -2.24. The highest BCUT2D eigenvalue weighted by atomic mass is 32.4. The second kappa shape index (κ2) is 6.47. The van der Waals surface area contributed by atoms with Crippen molar-refractivity contribution in [3.05, 3.63) is 58.6 Å². The molecule has 6 nitrogen and oxygen atoms in total. The minimum atomic E-state index is -2.49. The molecule has 1 aliphatic rings. The normalized spacial score (nSPS) is 19.9. The molecule has 3 rings (SSSR count). The van der Waals surface area contributed by atoms with Crippen molar-refractivity contribution in [3.8, 4) is 5.75 Å². The lowest BCUT2D eigenvalue weighted by atomic mass is 10.2. The Labute approximate surface area is 149 Å². The van der Waals surface area contributed by atoms with Crippen molar-refractivity contribution < 1.29 is 9.66 Å². The molecule has 1 N–H and O–H groups in total. The third-order valence-electron chi connectivity index (χ3n) is 3.69. The molecule has 0 aliphatic carbocycles. The monoisotopic (exact) mass is 379 g/mol. The van der Waals surface area contributed by atoms with Gasteiger partial charge in [-0.05, 0) is 42.1 Å². The van der Waals surface area contributed by atoms with E-state index in [2.05, 4.69) is 5.09 Å². The zero-order chi connectivity index (χ0) is 17.3. The van der Waals surface area contributed by atoms with Crippen LogP contribution in [-0.4, -0.2) is 23.6 Å². The average molecular weight is 379 g/mol. The number of anilines is 1. The molecule has 2 aromatic rings. The highest BCUT2D eigenvalue weighted by Crippen LogP contribution is 2.53. The zero-order valence-corrected chi connectivity index (χ0v) is 15.2. The Morgan fingerprint density at radius 2 is 1.92 bits per heavy atom. The van der Waals surface area contributed by atoms with Gasteiger partial charge in [0.1, 0.15) is 16.4 Å². The number of hydrogen-bond acceptors (Lipinski definition) is 5. The molecule has 124 valence electrons. The van der Waals surface area contributed by atoms with Crippen molar-refractivity contribution in [2.24, 2.45) is 0 Å². The summed E-state index contributed by atoms with van der Waals surface area (Å²) in [5, 5.41) is 15.5. The fraction of sp³-hybridized carbons (Fsp3) is 0.133. The van der Waals surface area contributed by atoms with Crippen LogP contribution in [-0.2, 0) is 11.8 Å². The van der Waals surface area contributed by atoms with Gasteiger partial charge in [-0.15, -0.1) is 0 Å². The highest BCUT2D eigenvalue weighted by molar-refractivity contribution is 8.18. The molecule has 2 aromatic carbocycles. The molecule has 0 aromatic heterocycles. The van der Waals surface area contributed by atoms with Gasteiger partial charge in [-0.1, -0.05) is 24.4 Å². The van der Waals surface area contributed by atoms with E-state index in [1.54, 1.807) is 25.3 Å². The van der Waals surface area contributed by atoms with Crippen LogP contribution in [0.4, 0.5) is 11.4 Å². The first kappa shape index (κ1) is 16.8. The molecular formula is C15H14N3O3PS2. The van der Waals surface area contributed by atoms with Crippen LogP contribution in [0.3, 0.4) is 0 Å². The van der Waals surface area contributed by atoms with Gasteiger partial charge in [0.05, 0.1) is 18.6 Å². The van der Waals surface area contributed by atoms with Crippen molar-refractivity contribution in [1.82, 2.24) is 5.09 Å². The summed E-state index contributed by atoms with van der Waals surface area (Å²) in [6.45, 7) is 0.365. The first-order valence-corrected chi connectivity index (χ1v) is 10.2. The molecule has 0 amide bonds. The Morgan fingerprint density at radius 3 is 2.54 bits per heavy atom. The van der Waals surface area contributed by atoms with E-state index in [-0.39, 0.29) is 5.69 Å². The van der Waals surface area contributed by atoms with E-state index in [0.717, 1.165) is 11.1 Å². The first-order valence-electron chi connectivity index (χ1n) is 7.03. The fourth-order valence-electron chi connectivity index (χ4n) is 2.56. The van der Waals surface area contributed by atoms with E-state index in [4.69, 9.17) is 28.8 Å². The number of nitrogens with zero attached hydrogens (tertiary/aromatic N) is 2. The first-order chi connectivity index (χ1) is 11.5. The second-order valence-electron chi connectivity index (χ2n) is 5.11. The summed E-state index contributed by atoms with van der Waals surface area (Å²) in [6.07, 6.45) is -2.49. The number of methoxy groups -OCH3 is 1. The molecule has 24 heavy (non-hydrogen) atoms. The molecule has 1 saturated heterocycles. The van der Waals surface area contributed by atoms with E-state index in [0.29, 0.717) is 17.2 Å². The van der Waals surface area contributed by atoms with Gasteiger partial charge in [0.2, 0.25) is 0 Å². The molecule has 1 unspecified atom stereocenters. The van der Waals surface area contributed by atoms with Crippen LogP contribution in [0.25, 0.3) is 0 Å². The fourth-order valence-corrected chi connectivity index (χ4v) is 6.79. The summed E-state index contributed by atoms with van der Waals surface area (Å²) in [6, 6.07) is 14.0. The minimum Gasteiger partial charge on any atom is -0.497 e. The van der Waals surface area contributed by atoms with Crippen molar-refractivity contribution in [3.63, 3.8) is 0 Å². The summed E-state index contributed by atoms with van der Waals surface area (Å²) in [7, 11) is 1.59. The Bertz CT molecular complexity index is 857. The van der Waals surface area contributed by atoms with Crippen molar-refractivity contribution in [2.45, 2.75) is 0 Å². The quantitative estimate of drug-likeness (QED) is 0.379. The van der Waals surface area contributed by atoms with Gasteiger partial charge in [-0.3, -0.25) is 10.1 Å². The number of ether oxygens (including phenoxy) is 1. The van der Waals surface area contributed by atoms with Gasteiger partial charge in [0.25, 0.3) is 5.69 Å². The average Bonchev–Trinajstić information content (AvgIpc) is 2.90. The van der Waals surface area contributed by atoms with E-state index in [9.17, 15) is 10.1 Å². The third kappa shape index (κ3) is 2.88. The number of para-hydroxylation sites is 2. The summed E-state index contributed by atoms with van der Waals surface area (Å²) in [4.78, 5) is 11.6. The molecule has 1 fully saturated rings. The molecule has 1 atom stereocenters. The van der Waals surface area contributed by atoms with Gasteiger partial charge < -0.3 is 14.5 Å². The number of nitro groups is 1. The number of thiocarbonyl (C=S) groups is 1. The van der Waals surface area contributed by atoms with Crippen LogP contribution < -0.4 is 19.8 Å². The van der Waals surface area contributed by atoms with Gasteiger partial charge in [-0.2, -0.15) is 0 Å². The van der Waals surface area contributed by atoms with Crippen molar-refractivity contribution >= 4 is 52.0 Å². The number of hydrogen-bond donors (Lipinski definition) is 1. The van der Waals surface area contributed by atoms with E-state index in [1.165, 1.54) is 6.07 Å². The van der Waals surface area contributed by atoms with E-state index >= 15 is 0 Å². The molecule has 1 heterocycles. The SMILES string of the molecule is COc1ccc(P2(=S)NC(=S)CN2c2ccccc2[N+](=O)[O-])cc1. The Hall–Kier alpha value is -2.02. The van der Waals surface area contributed by atoms with Crippen LogP contribution in [0, 0.1) is 10.1 Å². The predicted molar refractivity (Wildman–Crippen MR) is 103 cm³/mol. The smallest absolute Gasteiger partial charge is 0.292 e. The molecule has 0 radical (unpaired) electrons. The summed E-state index contributed by atoms with van der Waals surface area (Å²) in [5.41, 5.74) is 0.501. The summed E-state index contributed by atoms with van der Waals surface area (Å²) in [5.74, 6) is 0.722. The number of nitrogens with one attached hydrogen (secondary N) is 1. The van der Waals surface area contributed by atoms with Crippen molar-refractivity contribution in [2.75, 3.05) is 18.3 Å². The molecule has 1 aliphatic heterocycles. The van der Waals surface area contributed by atoms with Crippen LogP contribution in [0.1, 0.15) is 0 Å². The van der Waals surface area contributed by atoms with E-state index in [1.807, 2.05) is 28.9 Å². The van der Waals surface area contributed by atoms with Gasteiger partial charge >= 0.3 is 0 Å². The standard InChI is InChI=1S/C15H14N3O3PS2/c1-21-11-6-8-12(9-7-11)22(24)16-15(23)10-17(22)13-4-2-3-5-14(13)18(19)20/h2-9H,10H2,1H3,(H,16,23,24). The molecular weight excluding hydrogens is 365 g/mol. The molecule has 9 heteroatoms.